The lowest BCUT2D eigenvalue weighted by molar-refractivity contribution is 0.373. The number of aromatic hydroxyl groups is 1. The molecule has 146 valence electrons. The molecule has 0 saturated carbocycles. The fourth-order valence-corrected chi connectivity index (χ4v) is 3.59. The molecule has 1 N–H and O–H groups in total. The maximum absolute atomic E-state index is 10.3. The van der Waals surface area contributed by atoms with Crippen molar-refractivity contribution in [1.82, 2.24) is 4.98 Å². The summed E-state index contributed by atoms with van der Waals surface area (Å²) in [5.74, 6) is 0.989. The summed E-state index contributed by atoms with van der Waals surface area (Å²) in [6.07, 6.45) is 1.62. The Morgan fingerprint density at radius 1 is 1.14 bits per heavy atom. The molecule has 6 heteroatoms. The molecule has 0 aliphatic rings. The summed E-state index contributed by atoms with van der Waals surface area (Å²) < 4.78 is 11.9. The minimum absolute atomic E-state index is 0.0441. The van der Waals surface area contributed by atoms with E-state index in [4.69, 9.17) is 9.15 Å². The van der Waals surface area contributed by atoms with E-state index < -0.39 is 0 Å². The lowest BCUT2D eigenvalue weighted by Gasteiger charge is -2.08. The van der Waals surface area contributed by atoms with Gasteiger partial charge in [0.05, 0.1) is 12.8 Å². The van der Waals surface area contributed by atoms with Crippen LogP contribution in [0.25, 0.3) is 22.6 Å². The number of aromatic nitrogens is 1. The number of hydrogen-bond acceptors (Lipinski definition) is 5. The summed E-state index contributed by atoms with van der Waals surface area (Å²) in [6, 6.07) is 15.2. The molecule has 0 atom stereocenters. The van der Waals surface area contributed by atoms with Gasteiger partial charge in [0, 0.05) is 21.8 Å². The Balaban J connectivity index is 1.73. The van der Waals surface area contributed by atoms with Crippen molar-refractivity contribution in [3.63, 3.8) is 0 Å². The predicted molar refractivity (Wildman–Crippen MR) is 119 cm³/mol. The number of phenolic OH excluding ortho intramolecular Hbond substituents is 1. The molecule has 0 spiro atoms. The van der Waals surface area contributed by atoms with Crippen molar-refractivity contribution >= 4 is 38.9 Å². The van der Waals surface area contributed by atoms with Crippen molar-refractivity contribution in [2.75, 3.05) is 7.11 Å². The number of fused-ring (bicyclic) bond motifs is 1. The fraction of sp³-hybridized carbons (Fsp3) is 0.130. The molecule has 4 rings (SSSR count). The van der Waals surface area contributed by atoms with Crippen LogP contribution in [0.15, 0.2) is 62.4 Å². The first-order chi connectivity index (χ1) is 14.0. The predicted octanol–water partition coefficient (Wildman–Crippen LogP) is 6.34. The van der Waals surface area contributed by atoms with Crippen molar-refractivity contribution in [3.8, 4) is 23.0 Å². The molecule has 3 aromatic carbocycles. The van der Waals surface area contributed by atoms with Crippen LogP contribution in [0.5, 0.6) is 11.5 Å². The van der Waals surface area contributed by atoms with Crippen LogP contribution in [0.3, 0.4) is 0 Å². The van der Waals surface area contributed by atoms with Gasteiger partial charge in [-0.2, -0.15) is 0 Å². The standard InChI is InChI=1S/C23H19BrN2O3/c1-13-7-8-20-19(9-13)26-23(29-20)17-5-4-6-18(14(17)2)25-12-15-10-16(24)11-21(28-3)22(15)27/h4-12,27H,1-3H3. The van der Waals surface area contributed by atoms with Gasteiger partial charge in [0.25, 0.3) is 0 Å². The second kappa shape index (κ2) is 7.72. The van der Waals surface area contributed by atoms with Crippen molar-refractivity contribution in [2.24, 2.45) is 4.99 Å². The third-order valence-corrected chi connectivity index (χ3v) is 5.17. The van der Waals surface area contributed by atoms with Crippen LogP contribution >= 0.6 is 15.9 Å². The maximum atomic E-state index is 10.3. The molecule has 1 heterocycles. The van der Waals surface area contributed by atoms with Crippen LogP contribution in [-0.4, -0.2) is 23.4 Å². The molecular formula is C23H19BrN2O3. The highest BCUT2D eigenvalue weighted by Crippen LogP contribution is 2.34. The summed E-state index contributed by atoms with van der Waals surface area (Å²) in [7, 11) is 1.51. The zero-order valence-corrected chi connectivity index (χ0v) is 17.8. The van der Waals surface area contributed by atoms with Crippen LogP contribution in [0.4, 0.5) is 5.69 Å². The smallest absolute Gasteiger partial charge is 0.227 e. The van der Waals surface area contributed by atoms with Crippen molar-refractivity contribution < 1.29 is 14.3 Å². The van der Waals surface area contributed by atoms with Gasteiger partial charge in [-0.15, -0.1) is 0 Å². The molecule has 4 aromatic rings. The van der Waals surface area contributed by atoms with Crippen LogP contribution < -0.4 is 4.74 Å². The fourth-order valence-electron chi connectivity index (χ4n) is 3.14. The van der Waals surface area contributed by atoms with Gasteiger partial charge in [-0.1, -0.05) is 28.1 Å². The monoisotopic (exact) mass is 450 g/mol. The van der Waals surface area contributed by atoms with E-state index >= 15 is 0 Å². The molecule has 0 aliphatic carbocycles. The van der Waals surface area contributed by atoms with Gasteiger partial charge >= 0.3 is 0 Å². The lowest BCUT2D eigenvalue weighted by atomic mass is 10.1. The van der Waals surface area contributed by atoms with E-state index in [1.54, 1.807) is 18.3 Å². The molecule has 0 amide bonds. The van der Waals surface area contributed by atoms with Gasteiger partial charge in [0.15, 0.2) is 17.1 Å². The Hall–Kier alpha value is -3.12. The van der Waals surface area contributed by atoms with Crippen molar-refractivity contribution in [2.45, 2.75) is 13.8 Å². The Kier molecular flexibility index (Phi) is 5.11. The highest BCUT2D eigenvalue weighted by Gasteiger charge is 2.13. The van der Waals surface area contributed by atoms with Gasteiger partial charge < -0.3 is 14.3 Å². The second-order valence-corrected chi connectivity index (χ2v) is 7.66. The highest BCUT2D eigenvalue weighted by atomic mass is 79.9. The van der Waals surface area contributed by atoms with E-state index in [-0.39, 0.29) is 5.75 Å². The number of rotatable bonds is 4. The number of benzene rings is 3. The van der Waals surface area contributed by atoms with Gasteiger partial charge in [0.2, 0.25) is 5.89 Å². The molecule has 0 fully saturated rings. The summed E-state index contributed by atoms with van der Waals surface area (Å²) in [5.41, 5.74) is 5.86. The number of aliphatic imine (C=N–C) groups is 1. The molecule has 5 nitrogen and oxygen atoms in total. The zero-order valence-electron chi connectivity index (χ0n) is 16.2. The van der Waals surface area contributed by atoms with E-state index in [1.165, 1.54) is 7.11 Å². The first-order valence-electron chi connectivity index (χ1n) is 9.04. The summed E-state index contributed by atoms with van der Waals surface area (Å²) in [4.78, 5) is 9.21. The Labute approximate surface area is 176 Å². The molecule has 1 aromatic heterocycles. The SMILES string of the molecule is COc1cc(Br)cc(C=Nc2cccc(-c3nc4cc(C)ccc4o3)c2C)c1O. The summed E-state index contributed by atoms with van der Waals surface area (Å²) in [5, 5.41) is 10.3. The van der Waals surface area contributed by atoms with Gasteiger partial charge in [-0.25, -0.2) is 4.98 Å². The van der Waals surface area contributed by atoms with E-state index in [0.717, 1.165) is 38.0 Å². The minimum Gasteiger partial charge on any atom is -0.504 e. The number of phenols is 1. The molecule has 0 radical (unpaired) electrons. The van der Waals surface area contributed by atoms with Gasteiger partial charge in [-0.3, -0.25) is 4.99 Å². The highest BCUT2D eigenvalue weighted by molar-refractivity contribution is 9.10. The first-order valence-corrected chi connectivity index (χ1v) is 9.83. The quantitative estimate of drug-likeness (QED) is 0.368. The van der Waals surface area contributed by atoms with E-state index in [2.05, 4.69) is 25.9 Å². The first kappa shape index (κ1) is 19.2. The van der Waals surface area contributed by atoms with Crippen molar-refractivity contribution in [1.29, 1.82) is 0 Å². The lowest BCUT2D eigenvalue weighted by Crippen LogP contribution is -1.90. The van der Waals surface area contributed by atoms with E-state index in [0.29, 0.717) is 17.2 Å². The largest absolute Gasteiger partial charge is 0.504 e. The number of hydrogen-bond donors (Lipinski definition) is 1. The third-order valence-electron chi connectivity index (χ3n) is 4.71. The molecule has 0 aliphatic heterocycles. The third kappa shape index (κ3) is 3.76. The van der Waals surface area contributed by atoms with Crippen LogP contribution in [-0.2, 0) is 0 Å². The summed E-state index contributed by atoms with van der Waals surface area (Å²) >= 11 is 3.42. The number of aryl methyl sites for hydroxylation is 1. The number of methoxy groups -OCH3 is 1. The number of ether oxygens (including phenoxy) is 1. The van der Waals surface area contributed by atoms with Crippen LogP contribution in [0.1, 0.15) is 16.7 Å². The molecule has 0 saturated heterocycles. The number of oxazole rings is 1. The van der Waals surface area contributed by atoms with E-state index in [1.807, 2.05) is 50.2 Å². The molecule has 0 unspecified atom stereocenters. The summed E-state index contributed by atoms with van der Waals surface area (Å²) in [6.45, 7) is 4.00. The second-order valence-electron chi connectivity index (χ2n) is 6.74. The number of halogens is 1. The topological polar surface area (TPSA) is 67.9 Å². The van der Waals surface area contributed by atoms with Crippen LogP contribution in [0.2, 0.25) is 0 Å². The van der Waals surface area contributed by atoms with Crippen LogP contribution in [0, 0.1) is 13.8 Å². The zero-order chi connectivity index (χ0) is 20.5. The molecular weight excluding hydrogens is 432 g/mol. The van der Waals surface area contributed by atoms with Crippen molar-refractivity contribution in [3.05, 3.63) is 69.7 Å². The Morgan fingerprint density at radius 3 is 2.76 bits per heavy atom. The van der Waals surface area contributed by atoms with Gasteiger partial charge in [-0.05, 0) is 61.4 Å². The normalized spacial score (nSPS) is 11.4. The minimum atomic E-state index is 0.0441. The number of nitrogens with zero attached hydrogens (tertiary/aromatic N) is 2. The Morgan fingerprint density at radius 2 is 1.97 bits per heavy atom. The average Bonchev–Trinajstić information content (AvgIpc) is 3.12. The van der Waals surface area contributed by atoms with Gasteiger partial charge in [0.1, 0.15) is 5.52 Å². The Bertz CT molecular complexity index is 1240. The van der Waals surface area contributed by atoms with E-state index in [9.17, 15) is 5.11 Å². The molecule has 29 heavy (non-hydrogen) atoms. The molecule has 0 bridgehead atoms. The average molecular weight is 451 g/mol. The maximum Gasteiger partial charge on any atom is 0.227 e.